The van der Waals surface area contributed by atoms with E-state index in [1.165, 1.54) is 18.3 Å². The molecule has 8 heteroatoms. The van der Waals surface area contributed by atoms with E-state index in [-0.39, 0.29) is 17.5 Å². The molecular formula is C12H9FN4O3. The molecule has 2 aromatic rings. The summed E-state index contributed by atoms with van der Waals surface area (Å²) in [5, 5.41) is 18.0. The van der Waals surface area contributed by atoms with Crippen molar-refractivity contribution in [3.05, 3.63) is 58.0 Å². The van der Waals surface area contributed by atoms with Crippen molar-refractivity contribution in [3.8, 4) is 11.6 Å². The molecule has 0 bridgehead atoms. The molecule has 1 heterocycles. The number of amidine groups is 1. The topological polar surface area (TPSA) is 115 Å². The SMILES string of the molecule is N=C(N)c1ccc(Oc2ccc(F)cc2[N+](=O)[O-])nc1. The Morgan fingerprint density at radius 2 is 2.15 bits per heavy atom. The zero-order chi connectivity index (χ0) is 14.7. The molecule has 0 radical (unpaired) electrons. The number of benzene rings is 1. The van der Waals surface area contributed by atoms with Crippen molar-refractivity contribution in [2.24, 2.45) is 5.73 Å². The molecule has 1 aromatic carbocycles. The maximum absolute atomic E-state index is 13.0. The van der Waals surface area contributed by atoms with Crippen LogP contribution in [-0.4, -0.2) is 15.7 Å². The van der Waals surface area contributed by atoms with E-state index in [9.17, 15) is 14.5 Å². The second kappa shape index (κ2) is 5.31. The predicted molar refractivity (Wildman–Crippen MR) is 68.4 cm³/mol. The first-order chi connectivity index (χ1) is 9.47. The van der Waals surface area contributed by atoms with E-state index in [0.29, 0.717) is 5.56 Å². The minimum absolute atomic E-state index is 0.0738. The van der Waals surface area contributed by atoms with Gasteiger partial charge < -0.3 is 10.5 Å². The van der Waals surface area contributed by atoms with Gasteiger partial charge in [0.2, 0.25) is 11.6 Å². The number of nitrogen functional groups attached to an aromatic ring is 1. The first-order valence-corrected chi connectivity index (χ1v) is 5.39. The summed E-state index contributed by atoms with van der Waals surface area (Å²) in [6.07, 6.45) is 1.30. The van der Waals surface area contributed by atoms with Crippen LogP contribution >= 0.6 is 0 Å². The molecule has 102 valence electrons. The van der Waals surface area contributed by atoms with Crippen LogP contribution in [0, 0.1) is 21.3 Å². The number of pyridine rings is 1. The van der Waals surface area contributed by atoms with Crippen LogP contribution in [-0.2, 0) is 0 Å². The summed E-state index contributed by atoms with van der Waals surface area (Å²) in [4.78, 5) is 13.9. The van der Waals surface area contributed by atoms with Crippen molar-refractivity contribution in [2.45, 2.75) is 0 Å². The van der Waals surface area contributed by atoms with Crippen molar-refractivity contribution < 1.29 is 14.1 Å². The summed E-state index contributed by atoms with van der Waals surface area (Å²) in [5.74, 6) is -0.940. The second-order valence-electron chi connectivity index (χ2n) is 3.77. The smallest absolute Gasteiger partial charge is 0.314 e. The van der Waals surface area contributed by atoms with Gasteiger partial charge in [-0.3, -0.25) is 15.5 Å². The van der Waals surface area contributed by atoms with Crippen LogP contribution in [0.15, 0.2) is 36.5 Å². The van der Waals surface area contributed by atoms with Gasteiger partial charge in [-0.05, 0) is 18.2 Å². The highest BCUT2D eigenvalue weighted by Gasteiger charge is 2.17. The van der Waals surface area contributed by atoms with Gasteiger partial charge in [0.1, 0.15) is 11.7 Å². The van der Waals surface area contributed by atoms with Crippen LogP contribution in [0.1, 0.15) is 5.56 Å². The predicted octanol–water partition coefficient (Wildman–Crippen LogP) is 2.21. The van der Waals surface area contributed by atoms with Crippen molar-refractivity contribution in [1.29, 1.82) is 5.41 Å². The van der Waals surface area contributed by atoms with E-state index in [2.05, 4.69) is 4.98 Å². The number of nitrogens with one attached hydrogen (secondary N) is 1. The Morgan fingerprint density at radius 3 is 2.70 bits per heavy atom. The lowest BCUT2D eigenvalue weighted by molar-refractivity contribution is -0.385. The average molecular weight is 276 g/mol. The normalized spacial score (nSPS) is 10.1. The van der Waals surface area contributed by atoms with Gasteiger partial charge in [0.05, 0.1) is 11.0 Å². The van der Waals surface area contributed by atoms with Crippen LogP contribution in [0.5, 0.6) is 11.6 Å². The van der Waals surface area contributed by atoms with Crippen molar-refractivity contribution >= 4 is 11.5 Å². The van der Waals surface area contributed by atoms with Crippen LogP contribution in [0.25, 0.3) is 0 Å². The third-order valence-corrected chi connectivity index (χ3v) is 2.38. The molecule has 0 saturated carbocycles. The Balaban J connectivity index is 2.30. The van der Waals surface area contributed by atoms with E-state index in [4.69, 9.17) is 15.9 Å². The Bertz CT molecular complexity index is 673. The van der Waals surface area contributed by atoms with Gasteiger partial charge in [0.15, 0.2) is 0 Å². The molecule has 0 atom stereocenters. The van der Waals surface area contributed by atoms with E-state index in [1.807, 2.05) is 0 Å². The number of hydrogen-bond acceptors (Lipinski definition) is 5. The number of halogens is 1. The third-order valence-electron chi connectivity index (χ3n) is 2.38. The molecule has 3 N–H and O–H groups in total. The highest BCUT2D eigenvalue weighted by atomic mass is 19.1. The quantitative estimate of drug-likeness (QED) is 0.384. The number of aromatic nitrogens is 1. The maximum Gasteiger partial charge on any atom is 0.314 e. The van der Waals surface area contributed by atoms with Crippen molar-refractivity contribution in [1.82, 2.24) is 4.98 Å². The van der Waals surface area contributed by atoms with Crippen molar-refractivity contribution in [3.63, 3.8) is 0 Å². The summed E-state index contributed by atoms with van der Waals surface area (Å²) < 4.78 is 18.2. The number of nitro benzene ring substituents is 1. The monoisotopic (exact) mass is 276 g/mol. The van der Waals surface area contributed by atoms with E-state index < -0.39 is 16.4 Å². The van der Waals surface area contributed by atoms with Crippen molar-refractivity contribution in [2.75, 3.05) is 0 Å². The Morgan fingerprint density at radius 1 is 1.40 bits per heavy atom. The lowest BCUT2D eigenvalue weighted by Crippen LogP contribution is -2.11. The molecule has 0 aliphatic rings. The third kappa shape index (κ3) is 2.86. The van der Waals surface area contributed by atoms with E-state index in [1.54, 1.807) is 0 Å². The fourth-order valence-electron chi connectivity index (χ4n) is 1.43. The highest BCUT2D eigenvalue weighted by molar-refractivity contribution is 5.94. The first-order valence-electron chi connectivity index (χ1n) is 5.39. The Labute approximate surface area is 112 Å². The average Bonchev–Trinajstić information content (AvgIpc) is 2.41. The second-order valence-corrected chi connectivity index (χ2v) is 3.77. The fourth-order valence-corrected chi connectivity index (χ4v) is 1.43. The minimum atomic E-state index is -0.748. The number of nitrogens with two attached hydrogens (primary N) is 1. The van der Waals surface area contributed by atoms with E-state index >= 15 is 0 Å². The molecule has 0 aliphatic carbocycles. The van der Waals surface area contributed by atoms with Gasteiger partial charge in [-0.1, -0.05) is 0 Å². The van der Waals surface area contributed by atoms with Crippen LogP contribution < -0.4 is 10.5 Å². The zero-order valence-corrected chi connectivity index (χ0v) is 10.0. The molecular weight excluding hydrogens is 267 g/mol. The summed E-state index contributed by atoms with van der Waals surface area (Å²) in [6.45, 7) is 0. The summed E-state index contributed by atoms with van der Waals surface area (Å²) in [6, 6.07) is 5.85. The first kappa shape index (κ1) is 13.4. The van der Waals surface area contributed by atoms with Gasteiger partial charge in [-0.2, -0.15) is 0 Å². The molecule has 2 rings (SSSR count). The number of ether oxygens (including phenoxy) is 1. The summed E-state index contributed by atoms with van der Waals surface area (Å²) in [7, 11) is 0. The lowest BCUT2D eigenvalue weighted by Gasteiger charge is -2.06. The molecule has 0 aliphatic heterocycles. The molecule has 0 amide bonds. The van der Waals surface area contributed by atoms with Crippen LogP contribution in [0.4, 0.5) is 10.1 Å². The van der Waals surface area contributed by atoms with Crippen LogP contribution in [0.3, 0.4) is 0 Å². The number of nitrogens with zero attached hydrogens (tertiary/aromatic N) is 2. The standard InChI is InChI=1S/C12H9FN4O3/c13-8-2-3-10(9(5-8)17(18)19)20-11-4-1-7(6-16-11)12(14)15/h1-6H,(H3,14,15). The molecule has 20 heavy (non-hydrogen) atoms. The van der Waals surface area contributed by atoms with Gasteiger partial charge >= 0.3 is 5.69 Å². The molecule has 1 aromatic heterocycles. The number of nitro groups is 1. The van der Waals surface area contributed by atoms with Crippen LogP contribution in [0.2, 0.25) is 0 Å². The number of hydrogen-bond donors (Lipinski definition) is 2. The molecule has 7 nitrogen and oxygen atoms in total. The summed E-state index contributed by atoms with van der Waals surface area (Å²) >= 11 is 0. The van der Waals surface area contributed by atoms with Gasteiger partial charge in [-0.15, -0.1) is 0 Å². The highest BCUT2D eigenvalue weighted by Crippen LogP contribution is 2.30. The Kier molecular flexibility index (Phi) is 3.56. The molecule has 0 spiro atoms. The molecule has 0 unspecified atom stereocenters. The maximum atomic E-state index is 13.0. The van der Waals surface area contributed by atoms with Gasteiger partial charge in [-0.25, -0.2) is 9.37 Å². The van der Waals surface area contributed by atoms with E-state index in [0.717, 1.165) is 18.2 Å². The molecule has 0 fully saturated rings. The summed E-state index contributed by atoms with van der Waals surface area (Å²) in [5.41, 5.74) is 5.17. The fraction of sp³-hybridized carbons (Fsp3) is 0. The largest absolute Gasteiger partial charge is 0.432 e. The molecule has 0 saturated heterocycles. The Hall–Kier alpha value is -3.03. The van der Waals surface area contributed by atoms with Gasteiger partial charge in [0, 0.05) is 17.8 Å². The van der Waals surface area contributed by atoms with Gasteiger partial charge in [0.25, 0.3) is 0 Å². The number of rotatable bonds is 4. The minimum Gasteiger partial charge on any atom is -0.432 e. The lowest BCUT2D eigenvalue weighted by atomic mass is 10.2. The zero-order valence-electron chi connectivity index (χ0n) is 10.0.